The molecule has 0 aliphatic carbocycles. The van der Waals surface area contributed by atoms with Crippen molar-refractivity contribution in [1.29, 1.82) is 0 Å². The zero-order valence-corrected chi connectivity index (χ0v) is 11.0. The molecule has 0 saturated carbocycles. The standard InChI is InChI=1S/C14H21NO2/c1-10-5-6-12(11(2)7-10)14(3,4)9-15-8-13(16)17/h5-7,15H,8-9H2,1-4H3,(H,16,17). The lowest BCUT2D eigenvalue weighted by atomic mass is 9.81. The molecule has 0 aromatic heterocycles. The van der Waals surface area contributed by atoms with Crippen molar-refractivity contribution < 1.29 is 9.90 Å². The van der Waals surface area contributed by atoms with Crippen LogP contribution in [-0.4, -0.2) is 24.2 Å². The van der Waals surface area contributed by atoms with E-state index in [0.29, 0.717) is 6.54 Å². The van der Waals surface area contributed by atoms with Crippen LogP contribution in [0, 0.1) is 13.8 Å². The van der Waals surface area contributed by atoms with Crippen molar-refractivity contribution in [2.24, 2.45) is 0 Å². The monoisotopic (exact) mass is 235 g/mol. The van der Waals surface area contributed by atoms with Crippen LogP contribution in [0.4, 0.5) is 0 Å². The van der Waals surface area contributed by atoms with Crippen LogP contribution >= 0.6 is 0 Å². The largest absolute Gasteiger partial charge is 0.480 e. The third-order valence-electron chi connectivity index (χ3n) is 2.95. The number of carboxylic acid groups (broad SMARTS) is 1. The molecule has 0 aliphatic rings. The number of aryl methyl sites for hydroxylation is 2. The highest BCUT2D eigenvalue weighted by Gasteiger charge is 2.22. The van der Waals surface area contributed by atoms with Crippen molar-refractivity contribution >= 4 is 5.97 Å². The molecule has 1 rings (SSSR count). The number of rotatable bonds is 5. The predicted molar refractivity (Wildman–Crippen MR) is 69.4 cm³/mol. The van der Waals surface area contributed by atoms with Crippen molar-refractivity contribution in [3.05, 3.63) is 34.9 Å². The molecule has 0 amide bonds. The quantitative estimate of drug-likeness (QED) is 0.823. The van der Waals surface area contributed by atoms with Crippen LogP contribution < -0.4 is 5.32 Å². The van der Waals surface area contributed by atoms with Crippen molar-refractivity contribution in [3.63, 3.8) is 0 Å². The van der Waals surface area contributed by atoms with Gasteiger partial charge < -0.3 is 10.4 Å². The molecule has 1 aromatic rings. The summed E-state index contributed by atoms with van der Waals surface area (Å²) in [5, 5.41) is 11.6. The highest BCUT2D eigenvalue weighted by atomic mass is 16.4. The molecule has 0 bridgehead atoms. The number of aliphatic carboxylic acids is 1. The van der Waals surface area contributed by atoms with Crippen LogP contribution in [-0.2, 0) is 10.2 Å². The molecule has 2 N–H and O–H groups in total. The summed E-state index contributed by atoms with van der Waals surface area (Å²) < 4.78 is 0. The molecule has 0 atom stereocenters. The summed E-state index contributed by atoms with van der Waals surface area (Å²) >= 11 is 0. The minimum Gasteiger partial charge on any atom is -0.480 e. The van der Waals surface area contributed by atoms with E-state index in [4.69, 9.17) is 5.11 Å². The Morgan fingerprint density at radius 2 is 2.00 bits per heavy atom. The second kappa shape index (κ2) is 5.32. The first-order valence-corrected chi connectivity index (χ1v) is 5.83. The van der Waals surface area contributed by atoms with Crippen molar-refractivity contribution in [2.75, 3.05) is 13.1 Å². The van der Waals surface area contributed by atoms with Gasteiger partial charge in [-0.2, -0.15) is 0 Å². The van der Waals surface area contributed by atoms with Gasteiger partial charge in [0.05, 0.1) is 6.54 Å². The summed E-state index contributed by atoms with van der Waals surface area (Å²) in [6, 6.07) is 6.39. The lowest BCUT2D eigenvalue weighted by Crippen LogP contribution is -2.36. The van der Waals surface area contributed by atoms with Gasteiger partial charge in [-0.25, -0.2) is 0 Å². The topological polar surface area (TPSA) is 49.3 Å². The maximum absolute atomic E-state index is 10.5. The van der Waals surface area contributed by atoms with E-state index < -0.39 is 5.97 Å². The van der Waals surface area contributed by atoms with E-state index in [1.54, 1.807) is 0 Å². The fraction of sp³-hybridized carbons (Fsp3) is 0.500. The molecule has 1 aromatic carbocycles. The third-order valence-corrected chi connectivity index (χ3v) is 2.95. The van der Waals surface area contributed by atoms with Gasteiger partial charge >= 0.3 is 5.97 Å². The van der Waals surface area contributed by atoms with Gasteiger partial charge in [0.25, 0.3) is 0 Å². The highest BCUT2D eigenvalue weighted by molar-refractivity contribution is 5.69. The van der Waals surface area contributed by atoms with Gasteiger partial charge in [0.15, 0.2) is 0 Å². The Kier molecular flexibility index (Phi) is 4.29. The summed E-state index contributed by atoms with van der Waals surface area (Å²) in [6.45, 7) is 9.09. The van der Waals surface area contributed by atoms with E-state index >= 15 is 0 Å². The number of benzene rings is 1. The molecule has 3 heteroatoms. The van der Waals surface area contributed by atoms with Crippen LogP contribution in [0.2, 0.25) is 0 Å². The molecule has 17 heavy (non-hydrogen) atoms. The molecule has 0 radical (unpaired) electrons. The smallest absolute Gasteiger partial charge is 0.317 e. The van der Waals surface area contributed by atoms with Gasteiger partial charge in [-0.15, -0.1) is 0 Å². The van der Waals surface area contributed by atoms with Crippen molar-refractivity contribution in [3.8, 4) is 0 Å². The summed E-state index contributed by atoms with van der Waals surface area (Å²) in [7, 11) is 0. The summed E-state index contributed by atoms with van der Waals surface area (Å²) in [5.41, 5.74) is 3.71. The minimum absolute atomic E-state index is 0.00827. The third kappa shape index (κ3) is 3.86. The van der Waals surface area contributed by atoms with E-state index in [1.165, 1.54) is 16.7 Å². The second-order valence-corrected chi connectivity index (χ2v) is 5.20. The minimum atomic E-state index is -0.818. The molecular formula is C14H21NO2. The van der Waals surface area contributed by atoms with Crippen molar-refractivity contribution in [1.82, 2.24) is 5.32 Å². The summed E-state index contributed by atoms with van der Waals surface area (Å²) in [5.74, 6) is -0.818. The van der Waals surface area contributed by atoms with Crippen LogP contribution in [0.15, 0.2) is 18.2 Å². The Labute approximate surface area is 103 Å². The molecule has 94 valence electrons. The Hall–Kier alpha value is -1.35. The maximum atomic E-state index is 10.5. The van der Waals surface area contributed by atoms with E-state index in [2.05, 4.69) is 51.2 Å². The Morgan fingerprint density at radius 1 is 1.35 bits per heavy atom. The van der Waals surface area contributed by atoms with Gasteiger partial charge in [0.2, 0.25) is 0 Å². The number of hydrogen-bond donors (Lipinski definition) is 2. The molecule has 0 aliphatic heterocycles. The normalized spacial score (nSPS) is 11.5. The fourth-order valence-corrected chi connectivity index (χ4v) is 2.15. The first kappa shape index (κ1) is 13.7. The highest BCUT2D eigenvalue weighted by Crippen LogP contribution is 2.26. The van der Waals surface area contributed by atoms with Gasteiger partial charge in [-0.05, 0) is 25.0 Å². The molecular weight excluding hydrogens is 214 g/mol. The average molecular weight is 235 g/mol. The number of carboxylic acids is 1. The van der Waals surface area contributed by atoms with Crippen molar-refractivity contribution in [2.45, 2.75) is 33.1 Å². The Morgan fingerprint density at radius 3 is 2.53 bits per heavy atom. The van der Waals surface area contributed by atoms with Gasteiger partial charge in [-0.3, -0.25) is 4.79 Å². The number of carbonyl (C=O) groups is 1. The van der Waals surface area contributed by atoms with Crippen LogP contribution in [0.1, 0.15) is 30.5 Å². The molecule has 0 saturated heterocycles. The van der Waals surface area contributed by atoms with Crippen LogP contribution in [0.3, 0.4) is 0 Å². The molecule has 0 unspecified atom stereocenters. The van der Waals surface area contributed by atoms with Gasteiger partial charge in [0, 0.05) is 12.0 Å². The molecule has 3 nitrogen and oxygen atoms in total. The van der Waals surface area contributed by atoms with E-state index in [-0.39, 0.29) is 12.0 Å². The maximum Gasteiger partial charge on any atom is 0.317 e. The summed E-state index contributed by atoms with van der Waals surface area (Å²) in [4.78, 5) is 10.5. The van der Waals surface area contributed by atoms with Crippen LogP contribution in [0.25, 0.3) is 0 Å². The zero-order chi connectivity index (χ0) is 13.1. The lowest BCUT2D eigenvalue weighted by molar-refractivity contribution is -0.136. The SMILES string of the molecule is Cc1ccc(C(C)(C)CNCC(=O)O)c(C)c1. The molecule has 0 fully saturated rings. The lowest BCUT2D eigenvalue weighted by Gasteiger charge is -2.27. The van der Waals surface area contributed by atoms with E-state index in [1.807, 2.05) is 0 Å². The van der Waals surface area contributed by atoms with Gasteiger partial charge in [-0.1, -0.05) is 37.6 Å². The zero-order valence-electron chi connectivity index (χ0n) is 11.0. The fourth-order valence-electron chi connectivity index (χ4n) is 2.15. The Bertz CT molecular complexity index is 411. The first-order valence-electron chi connectivity index (χ1n) is 5.83. The van der Waals surface area contributed by atoms with Gasteiger partial charge in [0.1, 0.15) is 0 Å². The predicted octanol–water partition coefficient (Wildman–Crippen LogP) is 2.26. The number of hydrogen-bond acceptors (Lipinski definition) is 2. The molecule has 0 spiro atoms. The Balaban J connectivity index is 2.78. The van der Waals surface area contributed by atoms with Crippen LogP contribution in [0.5, 0.6) is 0 Å². The van der Waals surface area contributed by atoms with E-state index in [9.17, 15) is 4.79 Å². The second-order valence-electron chi connectivity index (χ2n) is 5.20. The summed E-state index contributed by atoms with van der Waals surface area (Å²) in [6.07, 6.45) is 0. The number of nitrogens with one attached hydrogen (secondary N) is 1. The van der Waals surface area contributed by atoms with E-state index in [0.717, 1.165) is 0 Å². The average Bonchev–Trinajstić information content (AvgIpc) is 2.15. The first-order chi connectivity index (χ1) is 7.83. The molecule has 0 heterocycles.